The van der Waals surface area contributed by atoms with E-state index in [4.69, 9.17) is 11.6 Å². The highest BCUT2D eigenvalue weighted by molar-refractivity contribution is 6.31. The average molecular weight is 1410 g/mol. The van der Waals surface area contributed by atoms with Crippen molar-refractivity contribution in [1.29, 1.82) is 0 Å². The number of nitrogens with zero attached hydrogens (tertiary/aromatic N) is 9. The van der Waals surface area contributed by atoms with Crippen LogP contribution in [-0.4, -0.2) is 251 Å². The van der Waals surface area contributed by atoms with Crippen molar-refractivity contribution in [3.05, 3.63) is 70.2 Å². The van der Waals surface area contributed by atoms with Crippen LogP contribution in [0.15, 0.2) is 48.5 Å². The Kier molecular flexibility index (Phi) is 28.7. The van der Waals surface area contributed by atoms with Gasteiger partial charge in [-0.05, 0) is 118 Å². The smallest absolute Gasteiger partial charge is 0.343 e. The summed E-state index contributed by atoms with van der Waals surface area (Å²) >= 11 is 6.14. The Bertz CT molecular complexity index is 3240. The fourth-order valence-electron chi connectivity index (χ4n) is 13.9. The largest absolute Gasteiger partial charge is 0.417 e. The molecule has 4 fully saturated rings. The Morgan fingerprint density at radius 1 is 0.616 bits per heavy atom. The van der Waals surface area contributed by atoms with E-state index in [0.717, 1.165) is 38.8 Å². The SMILES string of the molecule is CC[C@H](C)[C@@H]1NC(=O)[C@H](CC(C)C)N(C)C(=O)C[C@@H](C(=O)N2CCCCC2)N(C)C(=O)[C@H](C(C)C)N(C)C(=O)C2(CCCC2)NC(=O)[C@@H]2CCCN2C(=O)[C@H](CCc2ccc(C(F)(F)F)c(Cl)c2)NC(=O)CN(C)C(=O)[C@H](CCc2ccccc2)N(C)C(=O)CN(C)C(=O)CN(C)C1=O. The minimum Gasteiger partial charge on any atom is -0.343 e. The maximum Gasteiger partial charge on any atom is 0.417 e. The summed E-state index contributed by atoms with van der Waals surface area (Å²) in [4.78, 5) is 189. The van der Waals surface area contributed by atoms with Gasteiger partial charge in [-0.15, -0.1) is 0 Å². The molecule has 0 bridgehead atoms. The zero-order valence-electron chi connectivity index (χ0n) is 59.9. The van der Waals surface area contributed by atoms with Crippen LogP contribution < -0.4 is 16.0 Å². The van der Waals surface area contributed by atoms with E-state index in [1.807, 2.05) is 39.0 Å². The summed E-state index contributed by atoms with van der Waals surface area (Å²) in [5.74, 6) is -9.45. The number of rotatable bonds is 12. The van der Waals surface area contributed by atoms with Gasteiger partial charge in [-0.1, -0.05) is 109 Å². The number of likely N-dealkylation sites (N-methyl/N-ethyl adjacent to an activating group) is 7. The maximum atomic E-state index is 15.4. The number of piperidine rings is 1. The number of aryl methyl sites for hydroxylation is 2. The van der Waals surface area contributed by atoms with E-state index in [2.05, 4.69) is 16.0 Å². The molecule has 28 heteroatoms. The highest BCUT2D eigenvalue weighted by Crippen LogP contribution is 2.37. The molecule has 0 radical (unpaired) electrons. The van der Waals surface area contributed by atoms with Crippen LogP contribution in [0.3, 0.4) is 0 Å². The van der Waals surface area contributed by atoms with Crippen molar-refractivity contribution in [2.45, 2.75) is 198 Å². The predicted octanol–water partition coefficient (Wildman–Crippen LogP) is 5.16. The molecule has 1 spiro atoms. The normalized spacial score (nSPS) is 24.9. The number of hydrogen-bond acceptors (Lipinski definition) is 12. The van der Waals surface area contributed by atoms with E-state index in [0.29, 0.717) is 51.6 Å². The van der Waals surface area contributed by atoms with Gasteiger partial charge in [-0.25, -0.2) is 0 Å². The first-order valence-corrected chi connectivity index (χ1v) is 35.1. The van der Waals surface area contributed by atoms with Crippen molar-refractivity contribution in [2.75, 3.05) is 88.6 Å². The molecule has 6 rings (SSSR count). The Balaban J connectivity index is 1.42. The molecule has 3 saturated heterocycles. The molecule has 3 aliphatic heterocycles. The number of nitrogens with one attached hydrogen (secondary N) is 3. The molecule has 1 saturated carbocycles. The topological polar surface area (TPSA) is 270 Å². The third-order valence-corrected chi connectivity index (χ3v) is 20.5. The van der Waals surface area contributed by atoms with Gasteiger partial charge in [0.1, 0.15) is 47.8 Å². The summed E-state index contributed by atoms with van der Waals surface area (Å²) in [7, 11) is 9.70. The van der Waals surface area contributed by atoms with Gasteiger partial charge < -0.3 is 60.0 Å². The van der Waals surface area contributed by atoms with E-state index >= 15 is 14.4 Å². The lowest BCUT2D eigenvalue weighted by Crippen LogP contribution is -2.65. The summed E-state index contributed by atoms with van der Waals surface area (Å²) in [6, 6.07) is 3.23. The first kappa shape index (κ1) is 80.1. The molecule has 12 amide bonds. The highest BCUT2D eigenvalue weighted by Gasteiger charge is 2.51. The molecule has 4 aliphatic rings. The summed E-state index contributed by atoms with van der Waals surface area (Å²) < 4.78 is 41.5. The Morgan fingerprint density at radius 2 is 1.22 bits per heavy atom. The van der Waals surface area contributed by atoms with Crippen LogP contribution in [0.2, 0.25) is 5.02 Å². The molecule has 0 aromatic heterocycles. The van der Waals surface area contributed by atoms with Gasteiger partial charge in [0.2, 0.25) is 70.9 Å². The molecule has 548 valence electrons. The number of fused-ring (bicyclic) bond motifs is 1. The van der Waals surface area contributed by atoms with Crippen LogP contribution in [0, 0.1) is 17.8 Å². The fraction of sp³-hybridized carbons (Fsp3) is 0.662. The number of hydrogen-bond donors (Lipinski definition) is 3. The summed E-state index contributed by atoms with van der Waals surface area (Å²) in [5, 5.41) is 8.03. The van der Waals surface area contributed by atoms with E-state index in [-0.39, 0.29) is 69.4 Å². The lowest BCUT2D eigenvalue weighted by Gasteiger charge is -2.42. The minimum atomic E-state index is -4.77. The number of likely N-dealkylation sites (tertiary alicyclic amines) is 1. The van der Waals surface area contributed by atoms with Crippen molar-refractivity contribution in [3.63, 3.8) is 0 Å². The standard InChI is InChI=1S/C71H104ClF3N12O12/c1-14-46(6)60-67(97)81(9)42-58(90)79(7)43-59(91)82(10)53(32-29-47-24-17-15-18-25-47)65(95)80(8)41-56(88)76-51(31-28-48-27-30-49(50(72)39-48)71(73,74)75)64(94)87-37-23-26-52(87)63(93)78-70(33-19-20-34-70)69(99)85(13)61(45(4)5)68(98)84(12)55(66(96)86-35-21-16-22-36-86)40-57(89)83(11)54(38-44(2)3)62(92)77-60/h15,17-18,24-25,27,30,39,44-46,51-55,60-61H,14,16,19-23,26,28-29,31-38,40-43H2,1-13H3,(H,76,88)(H,77,92)(H,78,93)/t46-,51-,52-,53-,54-,55-,60-,61-/m0/s1. The van der Waals surface area contributed by atoms with E-state index in [1.54, 1.807) is 37.8 Å². The van der Waals surface area contributed by atoms with Gasteiger partial charge in [0, 0.05) is 69.0 Å². The molecule has 2 aromatic carbocycles. The second-order valence-corrected chi connectivity index (χ2v) is 28.7. The quantitative estimate of drug-likeness (QED) is 0.249. The van der Waals surface area contributed by atoms with Gasteiger partial charge in [0.05, 0.1) is 36.6 Å². The second kappa shape index (κ2) is 35.5. The number of amides is 12. The molecule has 2 aromatic rings. The number of benzene rings is 2. The lowest BCUT2D eigenvalue weighted by atomic mass is 9.91. The third-order valence-electron chi connectivity index (χ3n) is 20.2. The Labute approximate surface area is 585 Å². The monoisotopic (exact) mass is 1410 g/mol. The number of carbonyl (C=O) groups is 12. The van der Waals surface area contributed by atoms with Crippen molar-refractivity contribution in [1.82, 2.24) is 60.0 Å². The second-order valence-electron chi connectivity index (χ2n) is 28.3. The Morgan fingerprint density at radius 3 is 1.82 bits per heavy atom. The van der Waals surface area contributed by atoms with Gasteiger partial charge >= 0.3 is 6.18 Å². The molecule has 8 atom stereocenters. The van der Waals surface area contributed by atoms with Crippen LogP contribution in [0.4, 0.5) is 13.2 Å². The zero-order valence-corrected chi connectivity index (χ0v) is 60.6. The third kappa shape index (κ3) is 20.4. The number of halogens is 4. The van der Waals surface area contributed by atoms with Crippen molar-refractivity contribution < 1.29 is 70.7 Å². The lowest BCUT2D eigenvalue weighted by molar-refractivity contribution is -0.156. The van der Waals surface area contributed by atoms with E-state index < -0.39 is 173 Å². The summed E-state index contributed by atoms with van der Waals surface area (Å²) in [5.41, 5.74) is -1.57. The van der Waals surface area contributed by atoms with E-state index in [9.17, 15) is 56.3 Å². The van der Waals surface area contributed by atoms with Crippen LogP contribution in [0.1, 0.15) is 148 Å². The molecular formula is C71H104ClF3N12O12. The molecule has 3 heterocycles. The van der Waals surface area contributed by atoms with E-state index in [1.165, 1.54) is 79.9 Å². The number of carbonyl (C=O) groups excluding carboxylic acids is 12. The maximum absolute atomic E-state index is 15.4. The Hall–Kier alpha value is -7.84. The van der Waals surface area contributed by atoms with Crippen LogP contribution in [-0.2, 0) is 76.6 Å². The summed E-state index contributed by atoms with van der Waals surface area (Å²) in [6.07, 6.45) is -0.896. The van der Waals surface area contributed by atoms with Gasteiger partial charge in [-0.2, -0.15) is 13.2 Å². The van der Waals surface area contributed by atoms with Crippen molar-refractivity contribution >= 4 is 82.5 Å². The van der Waals surface area contributed by atoms with Crippen molar-refractivity contribution in [2.24, 2.45) is 17.8 Å². The van der Waals surface area contributed by atoms with Crippen LogP contribution in [0.25, 0.3) is 0 Å². The summed E-state index contributed by atoms with van der Waals surface area (Å²) in [6.45, 7) is 9.67. The molecule has 3 N–H and O–H groups in total. The van der Waals surface area contributed by atoms with Gasteiger partial charge in [-0.3, -0.25) is 57.5 Å². The zero-order chi connectivity index (χ0) is 73.5. The minimum absolute atomic E-state index is 0.0177. The highest BCUT2D eigenvalue weighted by atomic mass is 35.5. The predicted molar refractivity (Wildman–Crippen MR) is 365 cm³/mol. The molecule has 1 aliphatic carbocycles. The molecule has 99 heavy (non-hydrogen) atoms. The van der Waals surface area contributed by atoms with Gasteiger partial charge in [0.25, 0.3) is 0 Å². The first-order valence-electron chi connectivity index (χ1n) is 34.7. The first-order chi connectivity index (χ1) is 46.5. The molecular weight excluding hydrogens is 1310 g/mol. The van der Waals surface area contributed by atoms with Crippen LogP contribution in [0.5, 0.6) is 0 Å². The number of alkyl halides is 3. The fourth-order valence-corrected chi connectivity index (χ4v) is 14.2. The van der Waals surface area contributed by atoms with Crippen molar-refractivity contribution in [3.8, 4) is 0 Å². The molecule has 24 nitrogen and oxygen atoms in total. The van der Waals surface area contributed by atoms with Crippen LogP contribution >= 0.6 is 11.6 Å². The van der Waals surface area contributed by atoms with Gasteiger partial charge in [0.15, 0.2) is 0 Å². The average Bonchev–Trinajstić information content (AvgIpc) is 1.64. The molecule has 0 unspecified atom stereocenters.